The van der Waals surface area contributed by atoms with E-state index >= 15 is 0 Å². The van der Waals surface area contributed by atoms with Crippen molar-refractivity contribution in [1.82, 2.24) is 0 Å². The maximum atomic E-state index is 10.3. The predicted molar refractivity (Wildman–Crippen MR) is 217 cm³/mol. The third-order valence-corrected chi connectivity index (χ3v) is 11.9. The van der Waals surface area contributed by atoms with Gasteiger partial charge in [-0.25, -0.2) is 0 Å². The molecule has 0 aliphatic carbocycles. The van der Waals surface area contributed by atoms with Gasteiger partial charge in [0, 0.05) is 16.5 Å². The van der Waals surface area contributed by atoms with Crippen LogP contribution in [0.3, 0.4) is 0 Å². The summed E-state index contributed by atoms with van der Waals surface area (Å²) in [5, 5.41) is 38.5. The highest BCUT2D eigenvalue weighted by atomic mass is 28.3. The fraction of sp³-hybridized carbons (Fsp3) is 0.0652. The van der Waals surface area contributed by atoms with Crippen molar-refractivity contribution in [2.45, 2.75) is 19.6 Å². The molecule has 0 saturated heterocycles. The molecule has 0 aliphatic rings. The van der Waals surface area contributed by atoms with E-state index in [2.05, 4.69) is 116 Å². The standard InChI is InChI=1S/C46H33N5Si/c1-52(2,3)37-15-10-14-36(27-37)50(40-16-7-4-11-33(40)28-47)43-25-21-31-20-24-39-44(26-22-32-19-23-38(43)45(31)46(32)39)51(41-17-8-5-12-34(41)29-48)42-18-9-6-13-35(42)30-49/h4-27H,1-3H3. The van der Waals surface area contributed by atoms with Gasteiger partial charge in [0.2, 0.25) is 0 Å². The second-order valence-corrected chi connectivity index (χ2v) is 19.0. The van der Waals surface area contributed by atoms with Gasteiger partial charge in [-0.3, -0.25) is 0 Å². The summed E-state index contributed by atoms with van der Waals surface area (Å²) in [4.78, 5) is 4.27. The lowest BCUT2D eigenvalue weighted by Gasteiger charge is -2.30. The second-order valence-electron chi connectivity index (χ2n) is 13.9. The number of rotatable bonds is 7. The molecule has 0 unspecified atom stereocenters. The van der Waals surface area contributed by atoms with E-state index in [-0.39, 0.29) is 0 Å². The van der Waals surface area contributed by atoms with Gasteiger partial charge in [0.05, 0.1) is 53.2 Å². The van der Waals surface area contributed by atoms with E-state index in [0.29, 0.717) is 28.1 Å². The molecule has 8 aromatic rings. The Morgan fingerprint density at radius 2 is 0.846 bits per heavy atom. The van der Waals surface area contributed by atoms with E-state index in [1.807, 2.05) is 77.7 Å². The van der Waals surface area contributed by atoms with Crippen molar-refractivity contribution in [3.8, 4) is 18.2 Å². The molecular formula is C46H33N5Si. The molecule has 0 spiro atoms. The van der Waals surface area contributed by atoms with Gasteiger partial charge in [0.15, 0.2) is 0 Å². The molecule has 0 bridgehead atoms. The van der Waals surface area contributed by atoms with E-state index in [0.717, 1.165) is 55.1 Å². The van der Waals surface area contributed by atoms with Crippen molar-refractivity contribution in [3.63, 3.8) is 0 Å². The van der Waals surface area contributed by atoms with Gasteiger partial charge in [-0.05, 0) is 82.2 Å². The van der Waals surface area contributed by atoms with Crippen LogP contribution in [-0.4, -0.2) is 8.07 Å². The SMILES string of the molecule is C[Si](C)(C)c1cccc(N(c2ccccc2C#N)c2ccc3ccc4c(N(c5ccccc5C#N)c5ccccc5C#N)ccc5ccc2c3c54)c1. The Hall–Kier alpha value is -6.91. The van der Waals surface area contributed by atoms with Gasteiger partial charge < -0.3 is 9.80 Å². The van der Waals surface area contributed by atoms with Crippen molar-refractivity contribution in [2.75, 3.05) is 9.80 Å². The highest BCUT2D eigenvalue weighted by Crippen LogP contribution is 2.48. The minimum Gasteiger partial charge on any atom is -0.309 e. The van der Waals surface area contributed by atoms with E-state index in [4.69, 9.17) is 0 Å². The van der Waals surface area contributed by atoms with Gasteiger partial charge in [-0.1, -0.05) is 110 Å². The molecule has 0 fully saturated rings. The third-order valence-electron chi connectivity index (χ3n) is 9.87. The average molecular weight is 684 g/mol. The summed E-state index contributed by atoms with van der Waals surface area (Å²) < 4.78 is 0. The fourth-order valence-corrected chi connectivity index (χ4v) is 8.54. The maximum Gasteiger partial charge on any atom is 0.101 e. The first-order valence-corrected chi connectivity index (χ1v) is 20.7. The second kappa shape index (κ2) is 12.8. The Kier molecular flexibility index (Phi) is 7.93. The van der Waals surface area contributed by atoms with Gasteiger partial charge in [-0.15, -0.1) is 0 Å². The van der Waals surface area contributed by atoms with Crippen LogP contribution in [0.2, 0.25) is 19.6 Å². The summed E-state index contributed by atoms with van der Waals surface area (Å²) >= 11 is 0. The summed E-state index contributed by atoms with van der Waals surface area (Å²) in [5.74, 6) is 0. The molecule has 0 N–H and O–H groups in total. The maximum absolute atomic E-state index is 10.3. The van der Waals surface area contributed by atoms with Crippen molar-refractivity contribution >= 4 is 79.7 Å². The molecular weight excluding hydrogens is 651 g/mol. The van der Waals surface area contributed by atoms with Gasteiger partial charge in [-0.2, -0.15) is 15.8 Å². The number of hydrogen-bond donors (Lipinski definition) is 0. The van der Waals surface area contributed by atoms with Crippen molar-refractivity contribution in [1.29, 1.82) is 15.8 Å². The highest BCUT2D eigenvalue weighted by Gasteiger charge is 2.25. The van der Waals surface area contributed by atoms with E-state index in [1.165, 1.54) is 5.19 Å². The van der Waals surface area contributed by atoms with Crippen LogP contribution in [0.5, 0.6) is 0 Å². The first-order valence-electron chi connectivity index (χ1n) is 17.2. The summed E-state index contributed by atoms with van der Waals surface area (Å²) in [6, 6.07) is 56.0. The number of nitriles is 3. The topological polar surface area (TPSA) is 77.8 Å². The van der Waals surface area contributed by atoms with Gasteiger partial charge in [0.1, 0.15) is 18.2 Å². The zero-order valence-electron chi connectivity index (χ0n) is 29.1. The molecule has 0 radical (unpaired) electrons. The smallest absolute Gasteiger partial charge is 0.101 e. The lowest BCUT2D eigenvalue weighted by molar-refractivity contribution is 1.27. The van der Waals surface area contributed by atoms with E-state index < -0.39 is 8.07 Å². The predicted octanol–water partition coefficient (Wildman–Crippen LogP) is 11.7. The first-order chi connectivity index (χ1) is 25.3. The van der Waals surface area contributed by atoms with Gasteiger partial charge >= 0.3 is 0 Å². The largest absolute Gasteiger partial charge is 0.309 e. The van der Waals surface area contributed by atoms with Crippen LogP contribution in [0, 0.1) is 34.0 Å². The van der Waals surface area contributed by atoms with E-state index in [1.54, 1.807) is 0 Å². The summed E-state index contributed by atoms with van der Waals surface area (Å²) in [7, 11) is -1.66. The molecule has 8 aromatic carbocycles. The van der Waals surface area contributed by atoms with Crippen molar-refractivity contribution in [2.24, 2.45) is 0 Å². The minimum absolute atomic E-state index is 0.510. The Balaban J connectivity index is 1.45. The molecule has 5 nitrogen and oxygen atoms in total. The Bertz CT molecular complexity index is 2740. The van der Waals surface area contributed by atoms with Gasteiger partial charge in [0.25, 0.3) is 0 Å². The summed E-state index contributed by atoms with van der Waals surface area (Å²) in [6.45, 7) is 7.04. The zero-order valence-corrected chi connectivity index (χ0v) is 30.1. The van der Waals surface area contributed by atoms with Crippen molar-refractivity contribution < 1.29 is 0 Å². The number of hydrogen-bond acceptors (Lipinski definition) is 5. The number of para-hydroxylation sites is 3. The molecule has 0 atom stereocenters. The fourth-order valence-electron chi connectivity index (χ4n) is 7.36. The summed E-state index contributed by atoms with van der Waals surface area (Å²) in [6.07, 6.45) is 0. The molecule has 8 rings (SSSR count). The molecule has 0 saturated carbocycles. The molecule has 0 heterocycles. The van der Waals surface area contributed by atoms with Crippen LogP contribution in [-0.2, 0) is 0 Å². The Morgan fingerprint density at radius 1 is 0.423 bits per heavy atom. The first kappa shape index (κ1) is 32.3. The average Bonchev–Trinajstić information content (AvgIpc) is 3.18. The molecule has 0 aromatic heterocycles. The van der Waals surface area contributed by atoms with Crippen LogP contribution < -0.4 is 15.0 Å². The van der Waals surface area contributed by atoms with Crippen LogP contribution in [0.25, 0.3) is 32.3 Å². The normalized spacial score (nSPS) is 11.3. The number of anilines is 6. The monoisotopic (exact) mass is 683 g/mol. The molecule has 0 aliphatic heterocycles. The molecule has 246 valence electrons. The number of benzene rings is 8. The van der Waals surface area contributed by atoms with Crippen LogP contribution in [0.15, 0.2) is 146 Å². The van der Waals surface area contributed by atoms with Crippen molar-refractivity contribution in [3.05, 3.63) is 162 Å². The molecule has 6 heteroatoms. The van der Waals surface area contributed by atoms with Crippen LogP contribution in [0.4, 0.5) is 34.1 Å². The summed E-state index contributed by atoms with van der Waals surface area (Å²) in [5.41, 5.74) is 6.68. The number of nitrogens with zero attached hydrogens (tertiary/aromatic N) is 5. The molecule has 0 amide bonds. The Morgan fingerprint density at radius 3 is 1.31 bits per heavy atom. The van der Waals surface area contributed by atoms with Crippen LogP contribution in [0.1, 0.15) is 16.7 Å². The lowest BCUT2D eigenvalue weighted by Crippen LogP contribution is -2.37. The zero-order chi connectivity index (χ0) is 36.0. The minimum atomic E-state index is -1.66. The highest BCUT2D eigenvalue weighted by molar-refractivity contribution is 6.88. The van der Waals surface area contributed by atoms with E-state index in [9.17, 15) is 15.8 Å². The lowest BCUT2D eigenvalue weighted by atomic mass is 9.91. The quantitative estimate of drug-likeness (QED) is 0.123. The Labute approximate surface area is 304 Å². The van der Waals surface area contributed by atoms with Crippen LogP contribution >= 0.6 is 0 Å². The molecule has 52 heavy (non-hydrogen) atoms. The third kappa shape index (κ3) is 5.29.